The number of carbonyl (C=O) groups excluding carboxylic acids is 1. The van der Waals surface area contributed by atoms with Crippen LogP contribution in [0, 0.1) is 0 Å². The molecule has 1 heterocycles. The number of pyridine rings is 1. The number of ketones is 1. The molecular weight excluding hydrogens is 313 g/mol. The van der Waals surface area contributed by atoms with Gasteiger partial charge in [-0.1, -0.05) is 72.8 Å². The Balaban J connectivity index is 2.19. The molecule has 0 unspecified atom stereocenters. The van der Waals surface area contributed by atoms with Gasteiger partial charge >= 0.3 is 0 Å². The van der Waals surface area contributed by atoms with Crippen LogP contribution in [0.5, 0.6) is 0 Å². The van der Waals surface area contributed by atoms with Crippen molar-refractivity contribution in [2.75, 3.05) is 0 Å². The molecule has 2 nitrogen and oxygen atoms in total. The molecule has 0 spiro atoms. The molecule has 2 atom stereocenters. The van der Waals surface area contributed by atoms with Crippen LogP contribution in [0.1, 0.15) is 27.5 Å². The second-order valence-corrected chi connectivity index (χ2v) is 5.75. The van der Waals surface area contributed by atoms with E-state index in [0.717, 1.165) is 0 Å². The summed E-state index contributed by atoms with van der Waals surface area (Å²) in [5.41, 5.74) is -1.28. The third-order valence-corrected chi connectivity index (χ3v) is 4.23. The van der Waals surface area contributed by atoms with Crippen LogP contribution in [0.2, 0.25) is 0 Å². The normalized spacial score (nSPS) is 14.3. The van der Waals surface area contributed by atoms with Gasteiger partial charge in [0.05, 0.1) is 5.69 Å². The number of benzene rings is 2. The van der Waals surface area contributed by atoms with E-state index in [0.29, 0.717) is 11.1 Å². The van der Waals surface area contributed by atoms with E-state index >= 15 is 4.39 Å². The molecule has 1 aromatic heterocycles. The predicted molar refractivity (Wildman–Crippen MR) is 97.2 cm³/mol. The molecule has 0 N–H and O–H groups in total. The zero-order chi connectivity index (χ0) is 17.7. The molecule has 25 heavy (non-hydrogen) atoms. The second-order valence-electron chi connectivity index (χ2n) is 5.75. The lowest BCUT2D eigenvalue weighted by atomic mass is 9.76. The first-order valence-corrected chi connectivity index (χ1v) is 8.05. The number of nitrogens with zero attached hydrogens (tertiary/aromatic N) is 1. The zero-order valence-electron chi connectivity index (χ0n) is 13.7. The van der Waals surface area contributed by atoms with Gasteiger partial charge in [0.2, 0.25) is 11.5 Å². The first-order chi connectivity index (χ1) is 12.2. The summed E-state index contributed by atoms with van der Waals surface area (Å²) in [6.07, 6.45) is 2.97. The van der Waals surface area contributed by atoms with E-state index in [1.807, 2.05) is 18.2 Å². The highest BCUT2D eigenvalue weighted by Crippen LogP contribution is 2.43. The van der Waals surface area contributed by atoms with Crippen molar-refractivity contribution in [2.24, 2.45) is 0 Å². The molecule has 3 aromatic rings. The molecule has 0 fully saturated rings. The Bertz CT molecular complexity index is 849. The van der Waals surface area contributed by atoms with Gasteiger partial charge in [0.1, 0.15) is 0 Å². The second kappa shape index (κ2) is 7.22. The highest BCUT2D eigenvalue weighted by Gasteiger charge is 2.48. The van der Waals surface area contributed by atoms with E-state index < -0.39 is 17.4 Å². The third kappa shape index (κ3) is 3.13. The zero-order valence-corrected chi connectivity index (χ0v) is 13.7. The number of rotatable bonds is 6. The predicted octanol–water partition coefficient (Wildman–Crippen LogP) is 5.10. The van der Waals surface area contributed by atoms with Crippen molar-refractivity contribution in [3.05, 3.63) is 115 Å². The summed E-state index contributed by atoms with van der Waals surface area (Å²) in [5.74, 6) is -1.48. The standard InChI is InChI=1S/C22H18FNO/c1-2-19(17-11-5-3-6-12-17)22(23,20-15-9-10-16-24-20)21(25)18-13-7-4-8-14-18/h2-16,19H,1H2/t19-,22+/m1/s1. The van der Waals surface area contributed by atoms with Crippen molar-refractivity contribution in [1.29, 1.82) is 0 Å². The number of halogens is 1. The van der Waals surface area contributed by atoms with Gasteiger partial charge in [-0.05, 0) is 17.7 Å². The van der Waals surface area contributed by atoms with Crippen molar-refractivity contribution >= 4 is 5.78 Å². The average Bonchev–Trinajstić information content (AvgIpc) is 2.70. The Morgan fingerprint density at radius 2 is 1.56 bits per heavy atom. The molecule has 0 aliphatic carbocycles. The molecule has 0 saturated heterocycles. The van der Waals surface area contributed by atoms with Crippen molar-refractivity contribution in [2.45, 2.75) is 11.6 Å². The summed E-state index contributed by atoms with van der Waals surface area (Å²) in [6.45, 7) is 3.79. The molecule has 2 aromatic carbocycles. The fourth-order valence-electron chi connectivity index (χ4n) is 2.98. The largest absolute Gasteiger partial charge is 0.290 e. The van der Waals surface area contributed by atoms with Crippen molar-refractivity contribution in [3.63, 3.8) is 0 Å². The smallest absolute Gasteiger partial charge is 0.225 e. The summed E-state index contributed by atoms with van der Waals surface area (Å²) in [5, 5.41) is 0. The number of hydrogen-bond acceptors (Lipinski definition) is 2. The molecule has 3 rings (SSSR count). The quantitative estimate of drug-likeness (QED) is 0.465. The molecule has 0 saturated carbocycles. The van der Waals surface area contributed by atoms with E-state index in [4.69, 9.17) is 0 Å². The molecule has 0 radical (unpaired) electrons. The minimum Gasteiger partial charge on any atom is -0.290 e. The maximum absolute atomic E-state index is 16.5. The lowest BCUT2D eigenvalue weighted by molar-refractivity contribution is 0.0625. The van der Waals surface area contributed by atoms with Crippen LogP contribution in [0.15, 0.2) is 97.7 Å². The maximum Gasteiger partial charge on any atom is 0.225 e. The minimum atomic E-state index is -2.34. The van der Waals surface area contributed by atoms with Crippen LogP contribution < -0.4 is 0 Å². The Labute approximate surface area is 146 Å². The van der Waals surface area contributed by atoms with Gasteiger partial charge in [0.15, 0.2) is 0 Å². The molecular formula is C22H18FNO. The van der Waals surface area contributed by atoms with Gasteiger partial charge < -0.3 is 0 Å². The van der Waals surface area contributed by atoms with E-state index in [1.165, 1.54) is 12.3 Å². The van der Waals surface area contributed by atoms with Crippen LogP contribution >= 0.6 is 0 Å². The van der Waals surface area contributed by atoms with Gasteiger partial charge in [0.25, 0.3) is 0 Å². The van der Waals surface area contributed by atoms with Gasteiger partial charge in [-0.2, -0.15) is 0 Å². The Kier molecular flexibility index (Phi) is 4.85. The molecule has 0 bridgehead atoms. The molecule has 0 amide bonds. The minimum absolute atomic E-state index is 0.0811. The molecule has 3 heteroatoms. The summed E-state index contributed by atoms with van der Waals surface area (Å²) >= 11 is 0. The Morgan fingerprint density at radius 1 is 0.960 bits per heavy atom. The van der Waals surface area contributed by atoms with Crippen LogP contribution in [0.3, 0.4) is 0 Å². The van der Waals surface area contributed by atoms with Crippen LogP contribution in [0.4, 0.5) is 4.39 Å². The van der Waals surface area contributed by atoms with Crippen molar-refractivity contribution < 1.29 is 9.18 Å². The number of hydrogen-bond donors (Lipinski definition) is 0. The average molecular weight is 331 g/mol. The van der Waals surface area contributed by atoms with Crippen LogP contribution in [-0.2, 0) is 5.67 Å². The SMILES string of the molecule is C=C[C@H](c1ccccc1)[C@@](F)(C(=O)c1ccccc1)c1ccccn1. The summed E-state index contributed by atoms with van der Waals surface area (Å²) in [4.78, 5) is 17.3. The van der Waals surface area contributed by atoms with Crippen molar-refractivity contribution in [1.82, 2.24) is 4.98 Å². The van der Waals surface area contributed by atoms with Gasteiger partial charge in [-0.3, -0.25) is 9.78 Å². The Hall–Kier alpha value is -3.07. The fourth-order valence-corrected chi connectivity index (χ4v) is 2.98. The summed E-state index contributed by atoms with van der Waals surface area (Å²) in [7, 11) is 0. The lowest BCUT2D eigenvalue weighted by Crippen LogP contribution is -2.38. The van der Waals surface area contributed by atoms with Crippen LogP contribution in [-0.4, -0.2) is 10.8 Å². The van der Waals surface area contributed by atoms with Gasteiger partial charge in [-0.25, -0.2) is 4.39 Å². The molecule has 124 valence electrons. The fraction of sp³-hybridized carbons (Fsp3) is 0.0909. The number of aromatic nitrogens is 1. The Morgan fingerprint density at radius 3 is 2.12 bits per heavy atom. The topological polar surface area (TPSA) is 30.0 Å². The van der Waals surface area contributed by atoms with Crippen LogP contribution in [0.25, 0.3) is 0 Å². The molecule has 0 aliphatic heterocycles. The summed E-state index contributed by atoms with van der Waals surface area (Å²) < 4.78 is 16.5. The number of alkyl halides is 1. The highest BCUT2D eigenvalue weighted by molar-refractivity contribution is 6.03. The van der Waals surface area contributed by atoms with Gasteiger partial charge in [-0.15, -0.1) is 6.58 Å². The van der Waals surface area contributed by atoms with E-state index in [1.54, 1.807) is 60.7 Å². The van der Waals surface area contributed by atoms with E-state index in [2.05, 4.69) is 11.6 Å². The number of Topliss-reactive ketones (excluding diaryl/α,β-unsaturated/α-hetero) is 1. The monoisotopic (exact) mass is 331 g/mol. The number of carbonyl (C=O) groups is 1. The maximum atomic E-state index is 16.5. The van der Waals surface area contributed by atoms with E-state index in [9.17, 15) is 4.79 Å². The summed E-state index contributed by atoms with van der Waals surface area (Å²) in [6, 6.07) is 22.5. The molecule has 0 aliphatic rings. The first-order valence-electron chi connectivity index (χ1n) is 8.05. The third-order valence-electron chi connectivity index (χ3n) is 4.23. The lowest BCUT2D eigenvalue weighted by Gasteiger charge is -2.30. The van der Waals surface area contributed by atoms with E-state index in [-0.39, 0.29) is 5.69 Å². The van der Waals surface area contributed by atoms with Crippen molar-refractivity contribution in [3.8, 4) is 0 Å². The highest BCUT2D eigenvalue weighted by atomic mass is 19.1. The number of allylic oxidation sites excluding steroid dienone is 1. The van der Waals surface area contributed by atoms with Gasteiger partial charge in [0, 0.05) is 17.7 Å². The first kappa shape index (κ1) is 16.8.